The number of aromatic nitrogens is 2. The van der Waals surface area contributed by atoms with Crippen LogP contribution in [-0.2, 0) is 13.2 Å². The van der Waals surface area contributed by atoms with Gasteiger partial charge in [-0.1, -0.05) is 35.9 Å². The molecule has 0 saturated carbocycles. The van der Waals surface area contributed by atoms with E-state index in [1.807, 2.05) is 24.4 Å². The van der Waals surface area contributed by atoms with Gasteiger partial charge in [0, 0.05) is 18.3 Å². The maximum absolute atomic E-state index is 12.5. The highest BCUT2D eigenvalue weighted by molar-refractivity contribution is 6.01. The van der Waals surface area contributed by atoms with E-state index >= 15 is 0 Å². The van der Waals surface area contributed by atoms with Gasteiger partial charge >= 0.3 is 0 Å². The van der Waals surface area contributed by atoms with Crippen LogP contribution in [0.2, 0.25) is 0 Å². The number of carbonyl (C=O) groups is 1. The summed E-state index contributed by atoms with van der Waals surface area (Å²) >= 11 is 0. The number of anilines is 1. The molecule has 158 valence electrons. The molecular weight excluding hydrogens is 394 g/mol. The molecule has 0 radical (unpaired) electrons. The molecule has 2 aromatic heterocycles. The number of amides is 1. The lowest BCUT2D eigenvalue weighted by Crippen LogP contribution is -2.12. The van der Waals surface area contributed by atoms with Gasteiger partial charge in [-0.05, 0) is 36.8 Å². The molecule has 0 spiro atoms. The van der Waals surface area contributed by atoms with E-state index in [9.17, 15) is 4.79 Å². The van der Waals surface area contributed by atoms with E-state index < -0.39 is 0 Å². The van der Waals surface area contributed by atoms with E-state index in [1.54, 1.807) is 36.1 Å². The van der Waals surface area contributed by atoms with Gasteiger partial charge in [-0.15, -0.1) is 0 Å². The number of benzene rings is 2. The Morgan fingerprint density at radius 1 is 1.06 bits per heavy atom. The summed E-state index contributed by atoms with van der Waals surface area (Å²) in [5, 5.41) is 7.15. The third kappa shape index (κ3) is 5.33. The fourth-order valence-corrected chi connectivity index (χ4v) is 3.00. The minimum atomic E-state index is -0.367. The summed E-state index contributed by atoms with van der Waals surface area (Å²) in [6, 6.07) is 20.6. The van der Waals surface area contributed by atoms with Crippen LogP contribution in [0.4, 0.5) is 5.82 Å². The average molecular weight is 417 g/mol. The summed E-state index contributed by atoms with van der Waals surface area (Å²) in [7, 11) is 1.60. The van der Waals surface area contributed by atoms with Crippen LogP contribution < -0.4 is 14.8 Å². The van der Waals surface area contributed by atoms with Gasteiger partial charge in [0.1, 0.15) is 23.9 Å². The molecule has 1 N–H and O–H groups in total. The van der Waals surface area contributed by atoms with E-state index in [0.717, 1.165) is 5.56 Å². The van der Waals surface area contributed by atoms with Gasteiger partial charge in [-0.3, -0.25) is 9.48 Å². The first-order chi connectivity index (χ1) is 15.1. The Labute approximate surface area is 180 Å². The minimum absolute atomic E-state index is 0.192. The van der Waals surface area contributed by atoms with Crippen LogP contribution in [0.5, 0.6) is 11.5 Å². The Bertz CT molecular complexity index is 1160. The number of nitrogens with zero attached hydrogens (tertiary/aromatic N) is 2. The molecule has 7 heteroatoms. The van der Waals surface area contributed by atoms with Crippen molar-refractivity contribution in [3.8, 4) is 11.5 Å². The molecule has 4 aromatic rings. The quantitative estimate of drug-likeness (QED) is 0.451. The summed E-state index contributed by atoms with van der Waals surface area (Å²) in [5.74, 6) is 2.19. The van der Waals surface area contributed by atoms with Crippen molar-refractivity contribution in [1.29, 1.82) is 0 Å². The average Bonchev–Trinajstić information content (AvgIpc) is 3.44. The monoisotopic (exact) mass is 417 g/mol. The van der Waals surface area contributed by atoms with Gasteiger partial charge in [-0.2, -0.15) is 5.10 Å². The second kappa shape index (κ2) is 9.21. The highest BCUT2D eigenvalue weighted by Gasteiger charge is 2.13. The molecule has 0 atom stereocenters. The first-order valence-corrected chi connectivity index (χ1v) is 9.85. The molecule has 0 saturated heterocycles. The first kappa shape index (κ1) is 20.3. The smallest absolute Gasteiger partial charge is 0.292 e. The van der Waals surface area contributed by atoms with Crippen LogP contribution in [0.15, 0.2) is 77.3 Å². The number of hydrogen-bond donors (Lipinski definition) is 1. The Kier molecular flexibility index (Phi) is 6.03. The Hall–Kier alpha value is -4.00. The number of hydrogen-bond acceptors (Lipinski definition) is 5. The van der Waals surface area contributed by atoms with Crippen molar-refractivity contribution in [2.45, 2.75) is 20.1 Å². The van der Waals surface area contributed by atoms with Crippen molar-refractivity contribution in [3.05, 3.63) is 95.6 Å². The minimum Gasteiger partial charge on any atom is -0.497 e. The highest BCUT2D eigenvalue weighted by Crippen LogP contribution is 2.20. The molecule has 7 nitrogen and oxygen atoms in total. The summed E-state index contributed by atoms with van der Waals surface area (Å²) in [5.41, 5.74) is 2.35. The van der Waals surface area contributed by atoms with Gasteiger partial charge < -0.3 is 19.2 Å². The molecule has 0 aliphatic rings. The highest BCUT2D eigenvalue weighted by atomic mass is 16.5. The molecule has 1 amide bonds. The third-order valence-corrected chi connectivity index (χ3v) is 4.66. The molecule has 0 unspecified atom stereocenters. The molecule has 31 heavy (non-hydrogen) atoms. The van der Waals surface area contributed by atoms with E-state index in [1.165, 1.54) is 5.56 Å². The van der Waals surface area contributed by atoms with Crippen molar-refractivity contribution >= 4 is 11.7 Å². The normalized spacial score (nSPS) is 10.6. The lowest BCUT2D eigenvalue weighted by molar-refractivity contribution is 0.0992. The Morgan fingerprint density at radius 3 is 2.68 bits per heavy atom. The number of carbonyl (C=O) groups excluding carboxylic acids is 1. The topological polar surface area (TPSA) is 78.5 Å². The molecular formula is C24H23N3O4. The Morgan fingerprint density at radius 2 is 1.87 bits per heavy atom. The molecule has 0 bridgehead atoms. The lowest BCUT2D eigenvalue weighted by Gasteiger charge is -2.06. The molecule has 4 rings (SSSR count). The van der Waals surface area contributed by atoms with Crippen molar-refractivity contribution in [1.82, 2.24) is 9.78 Å². The van der Waals surface area contributed by atoms with E-state index in [0.29, 0.717) is 29.6 Å². The van der Waals surface area contributed by atoms with Crippen molar-refractivity contribution in [2.75, 3.05) is 12.4 Å². The van der Waals surface area contributed by atoms with Gasteiger partial charge in [-0.25, -0.2) is 0 Å². The zero-order valence-electron chi connectivity index (χ0n) is 17.4. The summed E-state index contributed by atoms with van der Waals surface area (Å²) < 4.78 is 18.2. The molecule has 0 aliphatic carbocycles. The number of rotatable bonds is 8. The second-order valence-corrected chi connectivity index (χ2v) is 7.07. The predicted octanol–water partition coefficient (Wildman–Crippen LogP) is 4.67. The summed E-state index contributed by atoms with van der Waals surface area (Å²) in [6.07, 6.45) is 1.82. The van der Waals surface area contributed by atoms with E-state index in [-0.39, 0.29) is 18.3 Å². The van der Waals surface area contributed by atoms with Crippen molar-refractivity contribution in [3.63, 3.8) is 0 Å². The standard InChI is InChI=1S/C24H23N3O4/c1-17-6-8-18(9-7-17)15-27-13-12-23(26-27)25-24(28)22-11-10-21(31-22)16-30-20-5-3-4-19(14-20)29-2/h3-14H,15-16H2,1-2H3,(H,25,26,28). The second-order valence-electron chi connectivity index (χ2n) is 7.07. The number of furan rings is 1. The van der Waals surface area contributed by atoms with Crippen LogP contribution in [0, 0.1) is 6.92 Å². The lowest BCUT2D eigenvalue weighted by atomic mass is 10.1. The molecule has 0 aliphatic heterocycles. The maximum atomic E-state index is 12.5. The molecule has 2 heterocycles. The number of nitrogens with one attached hydrogen (secondary N) is 1. The fraction of sp³-hybridized carbons (Fsp3) is 0.167. The predicted molar refractivity (Wildman–Crippen MR) is 116 cm³/mol. The van der Waals surface area contributed by atoms with E-state index in [2.05, 4.69) is 41.6 Å². The van der Waals surface area contributed by atoms with Crippen LogP contribution in [0.1, 0.15) is 27.4 Å². The zero-order chi connectivity index (χ0) is 21.6. The SMILES string of the molecule is COc1cccc(OCc2ccc(C(=O)Nc3ccn(Cc4ccc(C)cc4)n3)o2)c1. The molecule has 0 fully saturated rings. The van der Waals surface area contributed by atoms with Gasteiger partial charge in [0.25, 0.3) is 5.91 Å². The summed E-state index contributed by atoms with van der Waals surface area (Å²) in [6.45, 7) is 2.88. The van der Waals surface area contributed by atoms with Gasteiger partial charge in [0.05, 0.1) is 13.7 Å². The van der Waals surface area contributed by atoms with Gasteiger partial charge in [0.2, 0.25) is 0 Å². The van der Waals surface area contributed by atoms with Gasteiger partial charge in [0.15, 0.2) is 11.6 Å². The largest absolute Gasteiger partial charge is 0.497 e. The van der Waals surface area contributed by atoms with Crippen molar-refractivity contribution < 1.29 is 18.7 Å². The first-order valence-electron chi connectivity index (χ1n) is 9.85. The zero-order valence-corrected chi connectivity index (χ0v) is 17.4. The fourth-order valence-electron chi connectivity index (χ4n) is 3.00. The number of ether oxygens (including phenoxy) is 2. The van der Waals surface area contributed by atoms with E-state index in [4.69, 9.17) is 13.9 Å². The maximum Gasteiger partial charge on any atom is 0.292 e. The molecule has 2 aromatic carbocycles. The number of aryl methyl sites for hydroxylation is 1. The Balaban J connectivity index is 1.32. The van der Waals surface area contributed by atoms with Crippen LogP contribution in [0.3, 0.4) is 0 Å². The van der Waals surface area contributed by atoms with Crippen LogP contribution in [-0.4, -0.2) is 22.8 Å². The van der Waals surface area contributed by atoms with Crippen LogP contribution in [0.25, 0.3) is 0 Å². The van der Waals surface area contributed by atoms with Crippen molar-refractivity contribution in [2.24, 2.45) is 0 Å². The number of methoxy groups -OCH3 is 1. The summed E-state index contributed by atoms with van der Waals surface area (Å²) in [4.78, 5) is 12.5. The van der Waals surface area contributed by atoms with Crippen LogP contribution >= 0.6 is 0 Å². The third-order valence-electron chi connectivity index (χ3n) is 4.66.